The molecule has 1 aliphatic rings. The maximum atomic E-state index is 12.1. The van der Waals surface area contributed by atoms with Gasteiger partial charge < -0.3 is 5.73 Å². The van der Waals surface area contributed by atoms with Gasteiger partial charge in [-0.25, -0.2) is 0 Å². The van der Waals surface area contributed by atoms with Gasteiger partial charge in [0.25, 0.3) is 0 Å². The highest BCUT2D eigenvalue weighted by Crippen LogP contribution is 2.07. The molecular weight excluding hydrogens is 214 g/mol. The number of nitrogens with two attached hydrogens (primary N) is 1. The normalized spacial score (nSPS) is 16.8. The van der Waals surface area contributed by atoms with Gasteiger partial charge in [0, 0.05) is 6.54 Å². The van der Waals surface area contributed by atoms with E-state index in [1.54, 1.807) is 4.90 Å². The zero-order chi connectivity index (χ0) is 12.3. The number of aliphatic imine (C=N–C) groups is 1. The molecule has 2 N–H and O–H groups in total. The minimum atomic E-state index is -0.486. The molecule has 1 heterocycles. The standard InChI is InChI=1S/C13H17N3O/c1-10-15-7-8-16(10)13(17)12(14)9-11-5-3-2-4-6-11/h2-6,12H,7-9,14H2,1H3/t12-/m0/s1. The predicted octanol–water partition coefficient (Wildman–Crippen LogP) is 0.817. The fourth-order valence-electron chi connectivity index (χ4n) is 1.98. The average molecular weight is 231 g/mol. The molecule has 0 fully saturated rings. The maximum absolute atomic E-state index is 12.1. The molecule has 17 heavy (non-hydrogen) atoms. The number of carbonyl (C=O) groups is 1. The van der Waals surface area contributed by atoms with Crippen molar-refractivity contribution in [3.63, 3.8) is 0 Å². The summed E-state index contributed by atoms with van der Waals surface area (Å²) in [5.41, 5.74) is 7.03. The summed E-state index contributed by atoms with van der Waals surface area (Å²) in [7, 11) is 0. The first-order valence-electron chi connectivity index (χ1n) is 5.80. The van der Waals surface area contributed by atoms with Crippen molar-refractivity contribution < 1.29 is 4.79 Å². The van der Waals surface area contributed by atoms with Crippen molar-refractivity contribution in [2.45, 2.75) is 19.4 Å². The summed E-state index contributed by atoms with van der Waals surface area (Å²) in [6, 6.07) is 9.34. The Morgan fingerprint density at radius 2 is 2.18 bits per heavy atom. The highest BCUT2D eigenvalue weighted by molar-refractivity contribution is 6.00. The predicted molar refractivity (Wildman–Crippen MR) is 67.8 cm³/mol. The zero-order valence-corrected chi connectivity index (χ0v) is 9.97. The van der Waals surface area contributed by atoms with Crippen molar-refractivity contribution in [2.24, 2.45) is 10.7 Å². The molecule has 1 aromatic carbocycles. The van der Waals surface area contributed by atoms with Gasteiger partial charge in [-0.2, -0.15) is 0 Å². The summed E-state index contributed by atoms with van der Waals surface area (Å²) < 4.78 is 0. The van der Waals surface area contributed by atoms with Crippen LogP contribution < -0.4 is 5.73 Å². The minimum Gasteiger partial charge on any atom is -0.320 e. The molecule has 4 heteroatoms. The lowest BCUT2D eigenvalue weighted by Crippen LogP contribution is -2.45. The molecule has 0 bridgehead atoms. The highest BCUT2D eigenvalue weighted by atomic mass is 16.2. The third-order valence-electron chi connectivity index (χ3n) is 2.94. The minimum absolute atomic E-state index is 0.0346. The van der Waals surface area contributed by atoms with Crippen molar-refractivity contribution in [1.82, 2.24) is 4.90 Å². The Bertz CT molecular complexity index is 428. The van der Waals surface area contributed by atoms with Crippen LogP contribution in [-0.2, 0) is 11.2 Å². The fourth-order valence-corrected chi connectivity index (χ4v) is 1.98. The molecular formula is C13H17N3O. The molecule has 2 rings (SSSR count). The lowest BCUT2D eigenvalue weighted by molar-refractivity contribution is -0.128. The molecule has 1 aliphatic heterocycles. The molecule has 90 valence electrons. The Morgan fingerprint density at radius 3 is 2.76 bits per heavy atom. The van der Waals surface area contributed by atoms with E-state index in [9.17, 15) is 4.79 Å². The number of nitrogens with zero attached hydrogens (tertiary/aromatic N) is 2. The van der Waals surface area contributed by atoms with E-state index >= 15 is 0 Å². The van der Waals surface area contributed by atoms with E-state index in [1.807, 2.05) is 37.3 Å². The topological polar surface area (TPSA) is 58.7 Å². The Balaban J connectivity index is 1.99. The molecule has 0 aliphatic carbocycles. The number of hydrogen-bond acceptors (Lipinski definition) is 3. The van der Waals surface area contributed by atoms with Crippen LogP contribution in [-0.4, -0.2) is 35.8 Å². The van der Waals surface area contributed by atoms with E-state index in [0.717, 1.165) is 11.4 Å². The second-order valence-corrected chi connectivity index (χ2v) is 4.22. The van der Waals surface area contributed by atoms with Crippen LogP contribution in [0.5, 0.6) is 0 Å². The molecule has 0 unspecified atom stereocenters. The Labute approximate surface area is 101 Å². The monoisotopic (exact) mass is 231 g/mol. The van der Waals surface area contributed by atoms with Crippen LogP contribution in [0.25, 0.3) is 0 Å². The SMILES string of the molecule is CC1=NCCN1C(=O)[C@@H](N)Cc1ccccc1. The largest absolute Gasteiger partial charge is 0.320 e. The summed E-state index contributed by atoms with van der Waals surface area (Å²) in [6.07, 6.45) is 0.573. The van der Waals surface area contributed by atoms with Crippen LogP contribution in [0, 0.1) is 0 Å². The molecule has 1 amide bonds. The maximum Gasteiger partial charge on any atom is 0.245 e. The summed E-state index contributed by atoms with van der Waals surface area (Å²) in [6.45, 7) is 3.20. The van der Waals surface area contributed by atoms with Gasteiger partial charge in [-0.15, -0.1) is 0 Å². The van der Waals surface area contributed by atoms with Crippen LogP contribution in [0.4, 0.5) is 0 Å². The third kappa shape index (κ3) is 2.71. The summed E-state index contributed by atoms with van der Waals surface area (Å²) in [4.78, 5) is 17.9. The zero-order valence-electron chi connectivity index (χ0n) is 9.97. The first-order valence-corrected chi connectivity index (χ1v) is 5.80. The van der Waals surface area contributed by atoms with Crippen molar-refractivity contribution >= 4 is 11.7 Å². The average Bonchev–Trinajstić information content (AvgIpc) is 2.76. The Morgan fingerprint density at radius 1 is 1.47 bits per heavy atom. The summed E-state index contributed by atoms with van der Waals surface area (Å²) in [5.74, 6) is 0.742. The molecule has 0 aromatic heterocycles. The fraction of sp³-hybridized carbons (Fsp3) is 0.385. The van der Waals surface area contributed by atoms with Gasteiger partial charge in [0.2, 0.25) is 5.91 Å². The molecule has 0 radical (unpaired) electrons. The molecule has 4 nitrogen and oxygen atoms in total. The Hall–Kier alpha value is -1.68. The van der Waals surface area contributed by atoms with E-state index < -0.39 is 6.04 Å². The van der Waals surface area contributed by atoms with Gasteiger partial charge in [0.15, 0.2) is 0 Å². The van der Waals surface area contributed by atoms with Crippen molar-refractivity contribution in [1.29, 1.82) is 0 Å². The second-order valence-electron chi connectivity index (χ2n) is 4.22. The van der Waals surface area contributed by atoms with Gasteiger partial charge >= 0.3 is 0 Å². The van der Waals surface area contributed by atoms with E-state index in [4.69, 9.17) is 5.73 Å². The van der Waals surface area contributed by atoms with Crippen LogP contribution >= 0.6 is 0 Å². The van der Waals surface area contributed by atoms with Gasteiger partial charge in [0.1, 0.15) is 5.84 Å². The van der Waals surface area contributed by atoms with E-state index in [0.29, 0.717) is 19.5 Å². The van der Waals surface area contributed by atoms with Gasteiger partial charge in [0.05, 0.1) is 12.6 Å². The number of amidine groups is 1. The quantitative estimate of drug-likeness (QED) is 0.837. The first-order chi connectivity index (χ1) is 8.18. The lowest BCUT2D eigenvalue weighted by atomic mass is 10.1. The lowest BCUT2D eigenvalue weighted by Gasteiger charge is -2.20. The van der Waals surface area contributed by atoms with E-state index in [-0.39, 0.29) is 5.91 Å². The highest BCUT2D eigenvalue weighted by Gasteiger charge is 2.25. The molecule has 0 spiro atoms. The number of rotatable bonds is 3. The van der Waals surface area contributed by atoms with Gasteiger partial charge in [-0.05, 0) is 18.9 Å². The summed E-state index contributed by atoms with van der Waals surface area (Å²) >= 11 is 0. The smallest absolute Gasteiger partial charge is 0.245 e. The van der Waals surface area contributed by atoms with Crippen LogP contribution in [0.1, 0.15) is 12.5 Å². The Kier molecular flexibility index (Phi) is 3.54. The molecule has 0 saturated heterocycles. The van der Waals surface area contributed by atoms with E-state index in [1.165, 1.54) is 0 Å². The number of amides is 1. The van der Waals surface area contributed by atoms with Crippen molar-refractivity contribution in [3.8, 4) is 0 Å². The van der Waals surface area contributed by atoms with Gasteiger partial charge in [-0.3, -0.25) is 14.7 Å². The second kappa shape index (κ2) is 5.10. The van der Waals surface area contributed by atoms with Crippen LogP contribution in [0.3, 0.4) is 0 Å². The van der Waals surface area contributed by atoms with Crippen LogP contribution in [0.15, 0.2) is 35.3 Å². The van der Waals surface area contributed by atoms with Crippen molar-refractivity contribution in [2.75, 3.05) is 13.1 Å². The van der Waals surface area contributed by atoms with Gasteiger partial charge in [-0.1, -0.05) is 30.3 Å². The number of hydrogen-bond donors (Lipinski definition) is 1. The van der Waals surface area contributed by atoms with Crippen LogP contribution in [0.2, 0.25) is 0 Å². The van der Waals surface area contributed by atoms with E-state index in [2.05, 4.69) is 4.99 Å². The first kappa shape index (κ1) is 11.8. The number of benzene rings is 1. The van der Waals surface area contributed by atoms with Crippen molar-refractivity contribution in [3.05, 3.63) is 35.9 Å². The summed E-state index contributed by atoms with van der Waals surface area (Å²) in [5, 5.41) is 0. The molecule has 0 saturated carbocycles. The number of carbonyl (C=O) groups excluding carboxylic acids is 1. The molecule has 1 aromatic rings. The third-order valence-corrected chi connectivity index (χ3v) is 2.94. The molecule has 1 atom stereocenters.